The van der Waals surface area contributed by atoms with Crippen LogP contribution in [0.3, 0.4) is 0 Å². The van der Waals surface area contributed by atoms with Crippen LogP contribution in [-0.2, 0) is 9.59 Å². The minimum atomic E-state index is -0.158. The van der Waals surface area contributed by atoms with Crippen molar-refractivity contribution in [3.8, 4) is 0 Å². The van der Waals surface area contributed by atoms with Gasteiger partial charge in [-0.05, 0) is 18.6 Å². The average Bonchev–Trinajstić information content (AvgIpc) is 2.89. The summed E-state index contributed by atoms with van der Waals surface area (Å²) in [6.45, 7) is 5.25. The quantitative estimate of drug-likeness (QED) is 0.897. The molecule has 1 N–H and O–H groups in total. The van der Waals surface area contributed by atoms with Crippen molar-refractivity contribution in [3.05, 3.63) is 30.3 Å². The third kappa shape index (κ3) is 2.86. The summed E-state index contributed by atoms with van der Waals surface area (Å²) in [5.41, 5.74) is 1.51. The molecule has 0 radical (unpaired) electrons. The Morgan fingerprint density at radius 2 is 1.90 bits per heavy atom. The number of nitrogens with zero attached hydrogens (tertiary/aromatic N) is 2. The second kappa shape index (κ2) is 5.39. The summed E-state index contributed by atoms with van der Waals surface area (Å²) in [5, 5.41) is 2.57. The van der Waals surface area contributed by atoms with E-state index in [1.165, 1.54) is 12.6 Å². The van der Waals surface area contributed by atoms with E-state index in [2.05, 4.69) is 34.5 Å². The number of likely N-dealkylation sites (tertiary alicyclic amines) is 1. The van der Waals surface area contributed by atoms with Crippen molar-refractivity contribution in [1.82, 2.24) is 10.2 Å². The van der Waals surface area contributed by atoms with Crippen LogP contribution < -0.4 is 10.2 Å². The molecule has 0 bridgehead atoms. The highest BCUT2D eigenvalue weighted by Crippen LogP contribution is 2.40. The van der Waals surface area contributed by atoms with E-state index in [0.717, 1.165) is 32.6 Å². The lowest BCUT2D eigenvalue weighted by Gasteiger charge is -2.48. The molecule has 0 aliphatic carbocycles. The van der Waals surface area contributed by atoms with Gasteiger partial charge in [0, 0.05) is 44.2 Å². The molecule has 1 aromatic carbocycles. The van der Waals surface area contributed by atoms with Crippen molar-refractivity contribution in [2.45, 2.75) is 13.3 Å². The van der Waals surface area contributed by atoms with Gasteiger partial charge in [-0.2, -0.15) is 0 Å². The molecule has 3 rings (SSSR count). The summed E-state index contributed by atoms with van der Waals surface area (Å²) < 4.78 is 0. The predicted molar refractivity (Wildman–Crippen MR) is 81.0 cm³/mol. The van der Waals surface area contributed by atoms with Crippen LogP contribution in [0.4, 0.5) is 5.69 Å². The highest BCUT2D eigenvalue weighted by Gasteiger charge is 2.49. The van der Waals surface area contributed by atoms with Gasteiger partial charge in [-0.25, -0.2) is 0 Å². The second-order valence-corrected chi connectivity index (χ2v) is 6.17. The van der Waals surface area contributed by atoms with Gasteiger partial charge in [-0.3, -0.25) is 9.59 Å². The Balaban J connectivity index is 1.52. The van der Waals surface area contributed by atoms with Crippen LogP contribution in [0.25, 0.3) is 0 Å². The smallest absolute Gasteiger partial charge is 0.242 e. The van der Waals surface area contributed by atoms with Gasteiger partial charge in [0.15, 0.2) is 0 Å². The van der Waals surface area contributed by atoms with Gasteiger partial charge in [0.25, 0.3) is 0 Å². The van der Waals surface area contributed by atoms with E-state index in [-0.39, 0.29) is 23.8 Å². The third-order valence-corrected chi connectivity index (χ3v) is 4.45. The van der Waals surface area contributed by atoms with Gasteiger partial charge in [0.05, 0.1) is 6.54 Å². The minimum Gasteiger partial charge on any atom is -0.371 e. The van der Waals surface area contributed by atoms with Gasteiger partial charge in [-0.1, -0.05) is 18.2 Å². The third-order valence-electron chi connectivity index (χ3n) is 4.45. The van der Waals surface area contributed by atoms with Crippen LogP contribution in [0, 0.1) is 5.41 Å². The normalized spacial score (nSPS) is 19.5. The molecule has 2 saturated heterocycles. The molecule has 21 heavy (non-hydrogen) atoms. The van der Waals surface area contributed by atoms with E-state index in [1.54, 1.807) is 0 Å². The maximum atomic E-state index is 11.9. The first-order chi connectivity index (χ1) is 10.1. The Morgan fingerprint density at radius 3 is 2.57 bits per heavy atom. The van der Waals surface area contributed by atoms with E-state index in [0.29, 0.717) is 0 Å². The molecule has 0 atom stereocenters. The number of benzene rings is 1. The van der Waals surface area contributed by atoms with Crippen LogP contribution in [-0.4, -0.2) is 49.4 Å². The van der Waals surface area contributed by atoms with Crippen molar-refractivity contribution in [2.24, 2.45) is 5.41 Å². The maximum absolute atomic E-state index is 11.9. The molecule has 2 aliphatic heterocycles. The first-order valence-electron chi connectivity index (χ1n) is 7.40. The molecule has 2 amide bonds. The van der Waals surface area contributed by atoms with Crippen molar-refractivity contribution >= 4 is 17.5 Å². The average molecular weight is 287 g/mol. The van der Waals surface area contributed by atoms with Crippen LogP contribution in [0.5, 0.6) is 0 Å². The van der Waals surface area contributed by atoms with Crippen molar-refractivity contribution in [1.29, 1.82) is 0 Å². The maximum Gasteiger partial charge on any atom is 0.242 e. The SMILES string of the molecule is CC(=O)NCC(=O)N1CC2(CCN(c3ccccc3)C2)C1. The zero-order valence-electron chi connectivity index (χ0n) is 12.3. The number of anilines is 1. The molecule has 112 valence electrons. The summed E-state index contributed by atoms with van der Waals surface area (Å²) >= 11 is 0. The first-order valence-corrected chi connectivity index (χ1v) is 7.40. The lowest BCUT2D eigenvalue weighted by molar-refractivity contribution is -0.142. The van der Waals surface area contributed by atoms with E-state index < -0.39 is 0 Å². The fraction of sp³-hybridized carbons (Fsp3) is 0.500. The lowest BCUT2D eigenvalue weighted by atomic mass is 9.79. The summed E-state index contributed by atoms with van der Waals surface area (Å²) in [5.74, 6) is -0.135. The number of rotatable bonds is 3. The van der Waals surface area contributed by atoms with E-state index in [1.807, 2.05) is 11.0 Å². The second-order valence-electron chi connectivity index (χ2n) is 6.17. The molecule has 5 heteroatoms. The largest absolute Gasteiger partial charge is 0.371 e. The fourth-order valence-electron chi connectivity index (χ4n) is 3.30. The van der Waals surface area contributed by atoms with E-state index in [4.69, 9.17) is 0 Å². The zero-order valence-corrected chi connectivity index (χ0v) is 12.3. The molecule has 2 heterocycles. The minimum absolute atomic E-state index is 0.0222. The number of hydrogen-bond donors (Lipinski definition) is 1. The Morgan fingerprint density at radius 1 is 1.19 bits per heavy atom. The molecule has 1 aromatic rings. The van der Waals surface area contributed by atoms with Gasteiger partial charge < -0.3 is 15.1 Å². The molecule has 0 saturated carbocycles. The van der Waals surface area contributed by atoms with Gasteiger partial charge in [0.2, 0.25) is 11.8 Å². The number of carbonyl (C=O) groups is 2. The number of hydrogen-bond acceptors (Lipinski definition) is 3. The topological polar surface area (TPSA) is 52.7 Å². The number of nitrogens with one attached hydrogen (secondary N) is 1. The molecule has 2 aliphatic rings. The van der Waals surface area contributed by atoms with Crippen LogP contribution in [0.15, 0.2) is 30.3 Å². The molecule has 2 fully saturated rings. The van der Waals surface area contributed by atoms with Crippen molar-refractivity contribution < 1.29 is 9.59 Å². The monoisotopic (exact) mass is 287 g/mol. The summed E-state index contributed by atoms with van der Waals surface area (Å²) in [6, 6.07) is 10.4. The Hall–Kier alpha value is -2.04. The number of amides is 2. The predicted octanol–water partition coefficient (Wildman–Crippen LogP) is 0.861. The Labute approximate surface area is 124 Å². The Kier molecular flexibility index (Phi) is 3.57. The summed E-state index contributed by atoms with van der Waals surface area (Å²) in [6.07, 6.45) is 1.13. The highest BCUT2D eigenvalue weighted by atomic mass is 16.2. The van der Waals surface area contributed by atoms with Gasteiger partial charge in [0.1, 0.15) is 0 Å². The van der Waals surface area contributed by atoms with E-state index in [9.17, 15) is 9.59 Å². The van der Waals surface area contributed by atoms with Crippen LogP contribution >= 0.6 is 0 Å². The van der Waals surface area contributed by atoms with Crippen LogP contribution in [0.2, 0.25) is 0 Å². The molecular weight excluding hydrogens is 266 g/mol. The zero-order chi connectivity index (χ0) is 14.9. The summed E-state index contributed by atoms with van der Waals surface area (Å²) in [4.78, 5) is 27.0. The van der Waals surface area contributed by atoms with Crippen molar-refractivity contribution in [2.75, 3.05) is 37.6 Å². The van der Waals surface area contributed by atoms with Gasteiger partial charge in [-0.15, -0.1) is 0 Å². The van der Waals surface area contributed by atoms with Crippen LogP contribution in [0.1, 0.15) is 13.3 Å². The highest BCUT2D eigenvalue weighted by molar-refractivity contribution is 5.84. The lowest BCUT2D eigenvalue weighted by Crippen LogP contribution is -2.61. The number of carbonyl (C=O) groups excluding carboxylic acids is 2. The van der Waals surface area contributed by atoms with Crippen molar-refractivity contribution in [3.63, 3.8) is 0 Å². The van der Waals surface area contributed by atoms with E-state index >= 15 is 0 Å². The molecule has 0 unspecified atom stereocenters. The standard InChI is InChI=1S/C16H21N3O2/c1-13(20)17-9-15(21)19-11-16(12-19)7-8-18(10-16)14-5-3-2-4-6-14/h2-6H,7-12H2,1H3,(H,17,20). The molecule has 0 aromatic heterocycles. The summed E-state index contributed by atoms with van der Waals surface area (Å²) in [7, 11) is 0. The number of para-hydroxylation sites is 1. The molecule has 1 spiro atoms. The van der Waals surface area contributed by atoms with Gasteiger partial charge >= 0.3 is 0 Å². The fourth-order valence-corrected chi connectivity index (χ4v) is 3.30. The molecule has 5 nitrogen and oxygen atoms in total. The Bertz CT molecular complexity index is 538. The first kappa shape index (κ1) is 13.9. The molecular formula is C16H21N3O2.